The lowest BCUT2D eigenvalue weighted by atomic mass is 9.99. The first-order valence-electron chi connectivity index (χ1n) is 8.16. The molecule has 0 amide bonds. The van der Waals surface area contributed by atoms with Crippen LogP contribution in [0, 0.1) is 20.8 Å². The molecule has 0 atom stereocenters. The Bertz CT molecular complexity index is 1110. The van der Waals surface area contributed by atoms with Crippen molar-refractivity contribution in [2.75, 3.05) is 0 Å². The summed E-state index contributed by atoms with van der Waals surface area (Å²) >= 11 is 0. The van der Waals surface area contributed by atoms with Gasteiger partial charge in [-0.15, -0.1) is 0 Å². The molecule has 0 unspecified atom stereocenters. The number of imidazole rings is 1. The minimum absolute atomic E-state index is 1.01. The lowest BCUT2D eigenvalue weighted by molar-refractivity contribution is -0.644. The SMILES string of the molecule is Cc1nc(-c2ccc3cnc4ccc[n+](C)c4c3c2C)n(C)c1C. The van der Waals surface area contributed by atoms with Gasteiger partial charge < -0.3 is 4.57 Å². The molecule has 0 fully saturated rings. The van der Waals surface area contributed by atoms with Gasteiger partial charge in [-0.25, -0.2) is 9.97 Å². The Morgan fingerprint density at radius 1 is 1.08 bits per heavy atom. The standard InChI is InChI=1S/C20H21N4/c1-12-16(20-22-13(2)14(3)24(20)5)9-8-15-11-21-17-7-6-10-23(4)19(17)18(12)15/h6-11H,1-5H3/q+1. The zero-order chi connectivity index (χ0) is 17.0. The van der Waals surface area contributed by atoms with Gasteiger partial charge in [0, 0.05) is 36.0 Å². The molecule has 0 radical (unpaired) electrons. The van der Waals surface area contributed by atoms with Crippen LogP contribution in [0.1, 0.15) is 17.0 Å². The molecule has 0 saturated heterocycles. The van der Waals surface area contributed by atoms with Crippen molar-refractivity contribution in [3.05, 3.63) is 53.6 Å². The van der Waals surface area contributed by atoms with E-state index in [0.717, 1.165) is 27.9 Å². The molecule has 0 aliphatic heterocycles. The molecular weight excluding hydrogens is 296 g/mol. The summed E-state index contributed by atoms with van der Waals surface area (Å²) in [7, 11) is 4.16. The molecule has 0 aliphatic rings. The van der Waals surface area contributed by atoms with E-state index in [4.69, 9.17) is 4.98 Å². The van der Waals surface area contributed by atoms with Crippen LogP contribution in [0.25, 0.3) is 33.2 Å². The highest BCUT2D eigenvalue weighted by molar-refractivity contribution is 6.05. The second-order valence-electron chi connectivity index (χ2n) is 6.48. The van der Waals surface area contributed by atoms with Crippen LogP contribution in [0.5, 0.6) is 0 Å². The van der Waals surface area contributed by atoms with Gasteiger partial charge in [0.2, 0.25) is 5.52 Å². The number of aromatic nitrogens is 4. The van der Waals surface area contributed by atoms with Gasteiger partial charge in [0.1, 0.15) is 18.4 Å². The maximum Gasteiger partial charge on any atom is 0.239 e. The minimum atomic E-state index is 1.01. The summed E-state index contributed by atoms with van der Waals surface area (Å²) in [4.78, 5) is 9.40. The Morgan fingerprint density at radius 2 is 1.88 bits per heavy atom. The molecular formula is C20H21N4+. The van der Waals surface area contributed by atoms with Gasteiger partial charge in [0.25, 0.3) is 0 Å². The van der Waals surface area contributed by atoms with Crippen molar-refractivity contribution < 1.29 is 4.57 Å². The molecule has 4 aromatic rings. The first-order valence-corrected chi connectivity index (χ1v) is 8.16. The number of fused-ring (bicyclic) bond motifs is 3. The predicted octanol–water partition coefficient (Wildman–Crippen LogP) is 3.54. The van der Waals surface area contributed by atoms with Gasteiger partial charge in [-0.2, -0.15) is 4.57 Å². The molecule has 4 heteroatoms. The maximum atomic E-state index is 4.79. The van der Waals surface area contributed by atoms with Gasteiger partial charge in [-0.3, -0.25) is 0 Å². The zero-order valence-corrected chi connectivity index (χ0v) is 14.8. The lowest BCUT2D eigenvalue weighted by Gasteiger charge is -2.10. The quantitative estimate of drug-likeness (QED) is 0.397. The molecule has 3 heterocycles. The molecule has 24 heavy (non-hydrogen) atoms. The van der Waals surface area contributed by atoms with Crippen molar-refractivity contribution in [1.29, 1.82) is 0 Å². The topological polar surface area (TPSA) is 34.6 Å². The van der Waals surface area contributed by atoms with Crippen molar-refractivity contribution in [2.45, 2.75) is 20.8 Å². The van der Waals surface area contributed by atoms with E-state index >= 15 is 0 Å². The Labute approximate surface area is 141 Å². The van der Waals surface area contributed by atoms with E-state index in [-0.39, 0.29) is 0 Å². The van der Waals surface area contributed by atoms with E-state index in [1.54, 1.807) is 0 Å². The average molecular weight is 317 g/mol. The van der Waals surface area contributed by atoms with Crippen molar-refractivity contribution in [1.82, 2.24) is 14.5 Å². The smallest absolute Gasteiger partial charge is 0.239 e. The van der Waals surface area contributed by atoms with E-state index in [9.17, 15) is 0 Å². The summed E-state index contributed by atoms with van der Waals surface area (Å²) < 4.78 is 4.32. The number of pyridine rings is 2. The lowest BCUT2D eigenvalue weighted by Crippen LogP contribution is -2.28. The molecule has 0 N–H and O–H groups in total. The van der Waals surface area contributed by atoms with E-state index < -0.39 is 0 Å². The third-order valence-corrected chi connectivity index (χ3v) is 5.09. The van der Waals surface area contributed by atoms with Gasteiger partial charge in [0.15, 0.2) is 6.20 Å². The molecule has 0 saturated carbocycles. The van der Waals surface area contributed by atoms with Crippen LogP contribution in [0.3, 0.4) is 0 Å². The molecule has 4 nitrogen and oxygen atoms in total. The molecule has 0 aliphatic carbocycles. The molecule has 0 spiro atoms. The van der Waals surface area contributed by atoms with Crippen LogP contribution in [0.4, 0.5) is 0 Å². The van der Waals surface area contributed by atoms with E-state index in [0.29, 0.717) is 0 Å². The molecule has 4 rings (SSSR count). The van der Waals surface area contributed by atoms with Crippen molar-refractivity contribution in [3.63, 3.8) is 0 Å². The minimum Gasteiger partial charge on any atom is -0.331 e. The summed E-state index contributed by atoms with van der Waals surface area (Å²) in [6, 6.07) is 8.41. The normalized spacial score (nSPS) is 11.5. The van der Waals surface area contributed by atoms with Crippen LogP contribution >= 0.6 is 0 Å². The predicted molar refractivity (Wildman–Crippen MR) is 96.8 cm³/mol. The first-order chi connectivity index (χ1) is 11.5. The third kappa shape index (κ3) is 1.96. The molecule has 120 valence electrons. The summed E-state index contributed by atoms with van der Waals surface area (Å²) in [6.45, 7) is 6.36. The summed E-state index contributed by atoms with van der Waals surface area (Å²) in [5.74, 6) is 1.02. The fraction of sp³-hybridized carbons (Fsp3) is 0.250. The molecule has 1 aromatic carbocycles. The number of benzene rings is 1. The Morgan fingerprint density at radius 3 is 2.58 bits per heavy atom. The largest absolute Gasteiger partial charge is 0.331 e. The number of hydrogen-bond donors (Lipinski definition) is 0. The van der Waals surface area contributed by atoms with Crippen molar-refractivity contribution >= 4 is 21.8 Å². The number of rotatable bonds is 1. The number of nitrogens with zero attached hydrogens (tertiary/aromatic N) is 4. The van der Waals surface area contributed by atoms with E-state index in [1.807, 2.05) is 12.3 Å². The zero-order valence-electron chi connectivity index (χ0n) is 14.8. The van der Waals surface area contributed by atoms with Crippen LogP contribution in [0.2, 0.25) is 0 Å². The van der Waals surface area contributed by atoms with Gasteiger partial charge >= 0.3 is 0 Å². The second-order valence-corrected chi connectivity index (χ2v) is 6.48. The second kappa shape index (κ2) is 5.13. The number of hydrogen-bond acceptors (Lipinski definition) is 2. The van der Waals surface area contributed by atoms with Crippen LogP contribution in [-0.2, 0) is 14.1 Å². The van der Waals surface area contributed by atoms with Gasteiger partial charge in [-0.05, 0) is 32.4 Å². The highest BCUT2D eigenvalue weighted by atomic mass is 15.1. The monoisotopic (exact) mass is 317 g/mol. The van der Waals surface area contributed by atoms with Crippen LogP contribution in [-0.4, -0.2) is 14.5 Å². The van der Waals surface area contributed by atoms with Gasteiger partial charge in [-0.1, -0.05) is 12.1 Å². The van der Waals surface area contributed by atoms with Crippen LogP contribution < -0.4 is 4.57 Å². The highest BCUT2D eigenvalue weighted by Crippen LogP contribution is 2.32. The van der Waals surface area contributed by atoms with Crippen molar-refractivity contribution in [3.8, 4) is 11.4 Å². The summed E-state index contributed by atoms with van der Waals surface area (Å²) in [5.41, 5.74) is 6.89. The number of aryl methyl sites for hydroxylation is 3. The highest BCUT2D eigenvalue weighted by Gasteiger charge is 2.18. The fourth-order valence-electron chi connectivity index (χ4n) is 3.50. The van der Waals surface area contributed by atoms with E-state index in [2.05, 4.69) is 73.4 Å². The van der Waals surface area contributed by atoms with Crippen LogP contribution in [0.15, 0.2) is 36.7 Å². The first kappa shape index (κ1) is 14.8. The maximum absolute atomic E-state index is 4.79. The molecule has 0 bridgehead atoms. The van der Waals surface area contributed by atoms with Crippen molar-refractivity contribution in [2.24, 2.45) is 14.1 Å². The summed E-state index contributed by atoms with van der Waals surface area (Å²) in [6.07, 6.45) is 4.04. The Hall–Kier alpha value is -2.75. The van der Waals surface area contributed by atoms with E-state index in [1.165, 1.54) is 22.2 Å². The van der Waals surface area contributed by atoms with Gasteiger partial charge in [0.05, 0.1) is 11.1 Å². The fourth-order valence-corrected chi connectivity index (χ4v) is 3.50. The Balaban J connectivity index is 2.15. The molecule has 3 aromatic heterocycles. The Kier molecular flexibility index (Phi) is 3.17. The third-order valence-electron chi connectivity index (χ3n) is 5.09. The average Bonchev–Trinajstić information content (AvgIpc) is 2.82. The summed E-state index contributed by atoms with van der Waals surface area (Å²) in [5, 5.41) is 2.41.